The van der Waals surface area contributed by atoms with Gasteiger partial charge in [0.2, 0.25) is 0 Å². The summed E-state index contributed by atoms with van der Waals surface area (Å²) in [5.41, 5.74) is 7.41. The number of aliphatic hydroxyl groups is 1. The molecule has 3 N–H and O–H groups in total. The lowest BCUT2D eigenvalue weighted by Gasteiger charge is -2.12. The average molecular weight is 290 g/mol. The summed E-state index contributed by atoms with van der Waals surface area (Å²) < 4.78 is 11.5. The van der Waals surface area contributed by atoms with Gasteiger partial charge in [-0.1, -0.05) is 15.9 Å². The fourth-order valence-corrected chi connectivity index (χ4v) is 1.91. The minimum absolute atomic E-state index is 0.0272. The molecule has 0 radical (unpaired) electrons. The zero-order chi connectivity index (χ0) is 12.0. The molecule has 1 aromatic rings. The molecule has 0 amide bonds. The highest BCUT2D eigenvalue weighted by atomic mass is 79.9. The monoisotopic (exact) mass is 289 g/mol. The number of rotatable bonds is 6. The summed E-state index contributed by atoms with van der Waals surface area (Å²) in [6, 6.07) is 3.75. The number of hydrogen-bond donors (Lipinski definition) is 2. The van der Waals surface area contributed by atoms with E-state index in [1.165, 1.54) is 0 Å². The second kappa shape index (κ2) is 6.73. The third-order valence-corrected chi connectivity index (χ3v) is 2.44. The number of nitrogens with two attached hydrogens (primary N) is 1. The summed E-state index contributed by atoms with van der Waals surface area (Å²) in [6.45, 7) is 3.16. The van der Waals surface area contributed by atoms with E-state index in [1.54, 1.807) is 6.07 Å². The van der Waals surface area contributed by atoms with E-state index < -0.39 is 0 Å². The molecule has 0 fully saturated rings. The Morgan fingerprint density at radius 3 is 2.69 bits per heavy atom. The lowest BCUT2D eigenvalue weighted by molar-refractivity contribution is 0.0705. The van der Waals surface area contributed by atoms with Gasteiger partial charge in [-0.25, -0.2) is 0 Å². The molecule has 4 nitrogen and oxygen atoms in total. The van der Waals surface area contributed by atoms with Gasteiger partial charge in [0.1, 0.15) is 12.4 Å². The fourth-order valence-electron chi connectivity index (χ4n) is 1.32. The molecule has 0 atom stereocenters. The highest BCUT2D eigenvalue weighted by molar-refractivity contribution is 9.10. The summed E-state index contributed by atoms with van der Waals surface area (Å²) in [4.78, 5) is 0. The zero-order valence-electron chi connectivity index (χ0n) is 9.20. The first-order valence-electron chi connectivity index (χ1n) is 5.02. The molecule has 0 heterocycles. The summed E-state index contributed by atoms with van der Waals surface area (Å²) in [7, 11) is 0. The van der Waals surface area contributed by atoms with Crippen LogP contribution in [-0.4, -0.2) is 31.5 Å². The van der Waals surface area contributed by atoms with Crippen LogP contribution in [0.3, 0.4) is 0 Å². The highest BCUT2D eigenvalue weighted by Crippen LogP contribution is 2.29. The van der Waals surface area contributed by atoms with Crippen molar-refractivity contribution in [3.63, 3.8) is 0 Å². The Labute approximate surface area is 103 Å². The maximum Gasteiger partial charge on any atom is 0.145 e. The van der Waals surface area contributed by atoms with Crippen LogP contribution >= 0.6 is 15.9 Å². The topological polar surface area (TPSA) is 64.7 Å². The van der Waals surface area contributed by atoms with E-state index in [0.717, 1.165) is 10.0 Å². The average Bonchev–Trinajstić information content (AvgIpc) is 2.20. The third-order valence-electron chi connectivity index (χ3n) is 1.98. The molecule has 16 heavy (non-hydrogen) atoms. The molecule has 0 spiro atoms. The minimum Gasteiger partial charge on any atom is -0.489 e. The minimum atomic E-state index is 0.0272. The molecular formula is C11H16BrNO3. The highest BCUT2D eigenvalue weighted by Gasteiger charge is 2.05. The third kappa shape index (κ3) is 4.00. The predicted octanol–water partition coefficient (Wildman–Crippen LogP) is 1.73. The first-order chi connectivity index (χ1) is 7.65. The molecule has 0 saturated heterocycles. The quantitative estimate of drug-likeness (QED) is 0.618. The molecule has 0 bridgehead atoms. The number of nitrogen functional groups attached to an aromatic ring is 1. The smallest absolute Gasteiger partial charge is 0.145 e. The molecule has 90 valence electrons. The lowest BCUT2D eigenvalue weighted by atomic mass is 10.2. The van der Waals surface area contributed by atoms with Crippen LogP contribution in [0.5, 0.6) is 5.75 Å². The van der Waals surface area contributed by atoms with E-state index >= 15 is 0 Å². The fraction of sp³-hybridized carbons (Fsp3) is 0.455. The Hall–Kier alpha value is -0.780. The van der Waals surface area contributed by atoms with Gasteiger partial charge >= 0.3 is 0 Å². The standard InChI is InChI=1S/C11H16BrNO3/c1-8-6-9(12)7-10(13)11(8)16-5-4-15-3-2-14/h6-7,14H,2-5,13H2,1H3. The van der Waals surface area contributed by atoms with Gasteiger partial charge in [-0.3, -0.25) is 0 Å². The molecule has 0 unspecified atom stereocenters. The van der Waals surface area contributed by atoms with Crippen molar-refractivity contribution in [2.24, 2.45) is 0 Å². The van der Waals surface area contributed by atoms with Crippen LogP contribution in [0, 0.1) is 6.92 Å². The van der Waals surface area contributed by atoms with E-state index in [9.17, 15) is 0 Å². The Morgan fingerprint density at radius 2 is 2.06 bits per heavy atom. The van der Waals surface area contributed by atoms with Crippen LogP contribution in [-0.2, 0) is 4.74 Å². The summed E-state index contributed by atoms with van der Waals surface area (Å²) in [5, 5.41) is 8.51. The summed E-state index contributed by atoms with van der Waals surface area (Å²) in [6.07, 6.45) is 0. The van der Waals surface area contributed by atoms with Crippen molar-refractivity contribution in [3.8, 4) is 5.75 Å². The molecule has 1 aromatic carbocycles. The van der Waals surface area contributed by atoms with Gasteiger partial charge in [-0.15, -0.1) is 0 Å². The van der Waals surface area contributed by atoms with Gasteiger partial charge in [0.05, 0.1) is 25.5 Å². The molecule has 0 saturated carbocycles. The van der Waals surface area contributed by atoms with E-state index in [4.69, 9.17) is 20.3 Å². The van der Waals surface area contributed by atoms with E-state index in [2.05, 4.69) is 15.9 Å². The van der Waals surface area contributed by atoms with Crippen molar-refractivity contribution >= 4 is 21.6 Å². The van der Waals surface area contributed by atoms with E-state index in [1.807, 2.05) is 13.0 Å². The van der Waals surface area contributed by atoms with E-state index in [-0.39, 0.29) is 6.61 Å². The first-order valence-corrected chi connectivity index (χ1v) is 5.81. The van der Waals surface area contributed by atoms with Crippen LogP contribution in [0.1, 0.15) is 5.56 Å². The number of benzene rings is 1. The number of halogens is 1. The molecule has 0 aromatic heterocycles. The second-order valence-electron chi connectivity index (χ2n) is 3.33. The summed E-state index contributed by atoms with van der Waals surface area (Å²) >= 11 is 3.36. The molecule has 5 heteroatoms. The Balaban J connectivity index is 2.47. The van der Waals surface area contributed by atoms with Crippen molar-refractivity contribution in [1.29, 1.82) is 0 Å². The Morgan fingerprint density at radius 1 is 1.31 bits per heavy atom. The van der Waals surface area contributed by atoms with Gasteiger partial charge in [0.25, 0.3) is 0 Å². The van der Waals surface area contributed by atoms with Crippen LogP contribution in [0.25, 0.3) is 0 Å². The van der Waals surface area contributed by atoms with Gasteiger partial charge in [-0.05, 0) is 24.6 Å². The van der Waals surface area contributed by atoms with Gasteiger partial charge in [-0.2, -0.15) is 0 Å². The van der Waals surface area contributed by atoms with Crippen molar-refractivity contribution < 1.29 is 14.6 Å². The maximum atomic E-state index is 8.51. The molecule has 1 rings (SSSR count). The van der Waals surface area contributed by atoms with Crippen LogP contribution in [0.2, 0.25) is 0 Å². The van der Waals surface area contributed by atoms with Crippen molar-refractivity contribution in [2.75, 3.05) is 32.2 Å². The SMILES string of the molecule is Cc1cc(Br)cc(N)c1OCCOCCO. The number of aryl methyl sites for hydroxylation is 1. The molecule has 0 aliphatic rings. The first kappa shape index (κ1) is 13.3. The summed E-state index contributed by atoms with van der Waals surface area (Å²) in [5.74, 6) is 0.691. The van der Waals surface area contributed by atoms with Crippen LogP contribution in [0.15, 0.2) is 16.6 Å². The van der Waals surface area contributed by atoms with E-state index in [0.29, 0.717) is 31.3 Å². The number of ether oxygens (including phenoxy) is 2. The number of hydrogen-bond acceptors (Lipinski definition) is 4. The zero-order valence-corrected chi connectivity index (χ0v) is 10.8. The van der Waals surface area contributed by atoms with Crippen molar-refractivity contribution in [1.82, 2.24) is 0 Å². The largest absolute Gasteiger partial charge is 0.489 e. The van der Waals surface area contributed by atoms with Crippen LogP contribution in [0.4, 0.5) is 5.69 Å². The second-order valence-corrected chi connectivity index (χ2v) is 4.24. The van der Waals surface area contributed by atoms with Crippen molar-refractivity contribution in [2.45, 2.75) is 6.92 Å². The Bertz CT molecular complexity index is 321. The van der Waals surface area contributed by atoms with Crippen LogP contribution < -0.4 is 10.5 Å². The maximum absolute atomic E-state index is 8.51. The van der Waals surface area contributed by atoms with Crippen molar-refractivity contribution in [3.05, 3.63) is 22.2 Å². The normalized spacial score (nSPS) is 10.4. The predicted molar refractivity (Wildman–Crippen MR) is 66.7 cm³/mol. The number of anilines is 1. The lowest BCUT2D eigenvalue weighted by Crippen LogP contribution is -2.10. The number of aliphatic hydroxyl groups excluding tert-OH is 1. The Kier molecular flexibility index (Phi) is 5.59. The molecule has 0 aliphatic carbocycles. The van der Waals surface area contributed by atoms with Gasteiger partial charge in [0.15, 0.2) is 0 Å². The molecular weight excluding hydrogens is 274 g/mol. The van der Waals surface area contributed by atoms with Gasteiger partial charge in [0, 0.05) is 4.47 Å². The molecule has 0 aliphatic heterocycles. The van der Waals surface area contributed by atoms with Gasteiger partial charge < -0.3 is 20.3 Å².